The number of amides is 1. The van der Waals surface area contributed by atoms with Gasteiger partial charge in [-0.15, -0.1) is 11.3 Å². The maximum atomic E-state index is 13.8. The van der Waals surface area contributed by atoms with Crippen LogP contribution in [0.1, 0.15) is 27.9 Å². The molecular weight excluding hydrogens is 484 g/mol. The molecule has 1 aromatic heterocycles. The van der Waals surface area contributed by atoms with Crippen molar-refractivity contribution in [1.29, 1.82) is 0 Å². The second kappa shape index (κ2) is 8.31. The molecule has 0 bridgehead atoms. The summed E-state index contributed by atoms with van der Waals surface area (Å²) in [6.07, 6.45) is -1.15. The summed E-state index contributed by atoms with van der Waals surface area (Å²) >= 11 is 1.51. The lowest BCUT2D eigenvalue weighted by atomic mass is 9.52. The van der Waals surface area contributed by atoms with Crippen molar-refractivity contribution in [3.8, 4) is 16.2 Å². The number of fused-ring (bicyclic) bond motifs is 3. The minimum Gasteiger partial charge on any atom is -0.507 e. The number of primary amides is 1. The summed E-state index contributed by atoms with van der Waals surface area (Å²) in [4.78, 5) is 55.5. The first kappa shape index (κ1) is 24.8. The van der Waals surface area contributed by atoms with E-state index in [4.69, 9.17) is 5.73 Å². The summed E-state index contributed by atoms with van der Waals surface area (Å²) in [5, 5.41) is 35.2. The number of nitrogens with zero attached hydrogens (tertiary/aromatic N) is 1. The molecule has 5 rings (SSSR count). The Balaban J connectivity index is 1.65. The number of carbonyl (C=O) groups is 4. The molecule has 3 unspecified atom stereocenters. The Kier molecular flexibility index (Phi) is 5.71. The van der Waals surface area contributed by atoms with Crippen LogP contribution >= 0.6 is 11.3 Å². The van der Waals surface area contributed by atoms with Crippen molar-refractivity contribution >= 4 is 34.6 Å². The van der Waals surface area contributed by atoms with Gasteiger partial charge in [-0.25, -0.2) is 0 Å². The highest BCUT2D eigenvalue weighted by Crippen LogP contribution is 2.52. The molecule has 3 aliphatic rings. The van der Waals surface area contributed by atoms with Crippen LogP contribution in [0.4, 0.5) is 0 Å². The zero-order valence-corrected chi connectivity index (χ0v) is 20.9. The summed E-state index contributed by atoms with van der Waals surface area (Å²) in [6, 6.07) is 4.23. The number of thiophene rings is 1. The fraction of sp³-hybridized carbons (Fsp3) is 0.462. The van der Waals surface area contributed by atoms with Gasteiger partial charge in [-0.05, 0) is 80.0 Å². The van der Waals surface area contributed by atoms with Crippen molar-refractivity contribution in [3.05, 3.63) is 40.3 Å². The number of phenols is 1. The molecule has 0 saturated heterocycles. The van der Waals surface area contributed by atoms with Crippen LogP contribution in [0.15, 0.2) is 23.6 Å². The van der Waals surface area contributed by atoms with E-state index in [1.807, 2.05) is 18.4 Å². The predicted molar refractivity (Wildman–Crippen MR) is 130 cm³/mol. The van der Waals surface area contributed by atoms with Gasteiger partial charge in [-0.2, -0.15) is 0 Å². The van der Waals surface area contributed by atoms with Crippen LogP contribution in [0.25, 0.3) is 10.4 Å². The van der Waals surface area contributed by atoms with Gasteiger partial charge in [0.1, 0.15) is 11.7 Å². The van der Waals surface area contributed by atoms with Crippen LogP contribution in [0, 0.1) is 30.6 Å². The van der Waals surface area contributed by atoms with Gasteiger partial charge in [-0.3, -0.25) is 19.2 Å². The number of ketones is 3. The largest absolute Gasteiger partial charge is 0.507 e. The molecule has 1 aromatic carbocycles. The summed E-state index contributed by atoms with van der Waals surface area (Å²) in [5.41, 5.74) is 5.24. The smallest absolute Gasteiger partial charge is 0.230 e. The molecule has 7 atom stereocenters. The van der Waals surface area contributed by atoms with Gasteiger partial charge in [0.2, 0.25) is 5.91 Å². The highest BCUT2D eigenvalue weighted by atomic mass is 32.1. The first-order valence-electron chi connectivity index (χ1n) is 11.8. The van der Waals surface area contributed by atoms with Crippen molar-refractivity contribution in [2.24, 2.45) is 29.4 Å². The van der Waals surface area contributed by atoms with Crippen LogP contribution in [-0.2, 0) is 20.8 Å². The van der Waals surface area contributed by atoms with Gasteiger partial charge in [0.25, 0.3) is 0 Å². The van der Waals surface area contributed by atoms with Gasteiger partial charge in [0.15, 0.2) is 23.0 Å². The van der Waals surface area contributed by atoms with Gasteiger partial charge in [-0.1, -0.05) is 0 Å². The zero-order valence-electron chi connectivity index (χ0n) is 20.1. The Hall–Kier alpha value is -2.92. The fourth-order valence-electron chi connectivity index (χ4n) is 6.63. The molecule has 9 nitrogen and oxygen atoms in total. The topological polar surface area (TPSA) is 158 Å². The SMILES string of the molecule is Cc1csc(-c2ccc(O)c3c2C[C@@H]2C[C@@H]4[C@@H](N(C)C)C(O)C(C(N)=O)C(=O)[C@]4(O)C(=O)C2C3=O)c1. The lowest BCUT2D eigenvalue weighted by molar-refractivity contribution is -0.190. The van der Waals surface area contributed by atoms with E-state index in [-0.39, 0.29) is 24.2 Å². The number of nitrogens with two attached hydrogens (primary N) is 1. The monoisotopic (exact) mass is 512 g/mol. The molecule has 2 aromatic rings. The van der Waals surface area contributed by atoms with Gasteiger partial charge in [0.05, 0.1) is 17.6 Å². The van der Waals surface area contributed by atoms with Crippen LogP contribution in [0.5, 0.6) is 5.75 Å². The number of Topliss-reactive ketones (excluding diaryl/α,β-unsaturated/α-hetero) is 3. The number of aliphatic hydroxyl groups is 2. The molecule has 1 amide bonds. The first-order chi connectivity index (χ1) is 16.9. The summed E-state index contributed by atoms with van der Waals surface area (Å²) in [7, 11) is 3.24. The number of phenolic OH excluding ortho intramolecular Hbond substituents is 1. The first-order valence-corrected chi connectivity index (χ1v) is 12.7. The minimum atomic E-state index is -2.65. The van der Waals surface area contributed by atoms with Crippen LogP contribution in [0.3, 0.4) is 0 Å². The Morgan fingerprint density at radius 2 is 1.89 bits per heavy atom. The van der Waals surface area contributed by atoms with Gasteiger partial charge < -0.3 is 26.0 Å². The van der Waals surface area contributed by atoms with Crippen molar-refractivity contribution < 1.29 is 34.5 Å². The number of likely N-dealkylation sites (N-methyl/N-ethyl adjacent to an activating group) is 1. The number of hydrogen-bond acceptors (Lipinski definition) is 9. The number of benzene rings is 1. The lowest BCUT2D eigenvalue weighted by Gasteiger charge is -2.54. The van der Waals surface area contributed by atoms with E-state index in [0.717, 1.165) is 16.0 Å². The summed E-state index contributed by atoms with van der Waals surface area (Å²) in [5.74, 6) is -8.97. The average molecular weight is 513 g/mol. The van der Waals surface area contributed by atoms with E-state index in [9.17, 15) is 34.5 Å². The number of hydrogen-bond donors (Lipinski definition) is 4. The van der Waals surface area contributed by atoms with Crippen molar-refractivity contribution in [3.63, 3.8) is 0 Å². The Morgan fingerprint density at radius 3 is 2.47 bits per heavy atom. The van der Waals surface area contributed by atoms with Crippen molar-refractivity contribution in [2.45, 2.75) is 37.5 Å². The van der Waals surface area contributed by atoms with Crippen molar-refractivity contribution in [1.82, 2.24) is 4.90 Å². The Morgan fingerprint density at radius 1 is 1.19 bits per heavy atom. The second-order valence-electron chi connectivity index (χ2n) is 10.4. The molecule has 2 fully saturated rings. The molecule has 10 heteroatoms. The highest BCUT2D eigenvalue weighted by Gasteiger charge is 2.69. The quantitative estimate of drug-likeness (QED) is 0.438. The minimum absolute atomic E-state index is 0.0223. The molecule has 2 saturated carbocycles. The standard InChI is InChI=1S/C26H28N2O7S/c1-10-6-16(36-9-10)12-4-5-15(29)18-13(12)7-11-8-14-20(28(2)3)22(31)19(25(27)34)24(33)26(14,35)23(32)17(11)21(18)30/h4-6,9,11,14,17,19-20,22,29,31,35H,7-8H2,1-3H3,(H2,27,34)/t11-,14-,17?,19?,20-,22?,26-/m1/s1. The number of carbonyl (C=O) groups excluding carboxylic acids is 4. The molecule has 36 heavy (non-hydrogen) atoms. The molecule has 190 valence electrons. The summed E-state index contributed by atoms with van der Waals surface area (Å²) in [6.45, 7) is 1.96. The zero-order chi connectivity index (χ0) is 26.3. The highest BCUT2D eigenvalue weighted by molar-refractivity contribution is 7.13. The number of aliphatic hydroxyl groups excluding tert-OH is 1. The maximum absolute atomic E-state index is 13.8. The van der Waals surface area contributed by atoms with E-state index in [1.54, 1.807) is 25.1 Å². The van der Waals surface area contributed by atoms with Gasteiger partial charge >= 0.3 is 0 Å². The van der Waals surface area contributed by atoms with Crippen LogP contribution in [-0.4, -0.2) is 75.3 Å². The molecule has 1 heterocycles. The fourth-order valence-corrected chi connectivity index (χ4v) is 7.58. The van der Waals surface area contributed by atoms with E-state index >= 15 is 0 Å². The Labute approximate surface area is 211 Å². The number of aryl methyl sites for hydroxylation is 1. The number of aromatic hydroxyl groups is 1. The maximum Gasteiger partial charge on any atom is 0.230 e. The van der Waals surface area contributed by atoms with Gasteiger partial charge in [0, 0.05) is 16.8 Å². The van der Waals surface area contributed by atoms with E-state index in [2.05, 4.69) is 0 Å². The molecule has 0 radical (unpaired) electrons. The molecular formula is C26H28N2O7S. The predicted octanol–water partition coefficient (Wildman–Crippen LogP) is 0.696. The number of rotatable bonds is 3. The van der Waals surface area contributed by atoms with E-state index in [1.165, 1.54) is 17.4 Å². The van der Waals surface area contributed by atoms with Crippen LogP contribution in [0.2, 0.25) is 0 Å². The molecule has 3 aliphatic carbocycles. The normalized spacial score (nSPS) is 33.8. The van der Waals surface area contributed by atoms with E-state index < -0.39 is 64.7 Å². The lowest BCUT2D eigenvalue weighted by Crippen LogP contribution is -2.75. The summed E-state index contributed by atoms with van der Waals surface area (Å²) < 4.78 is 0. The third-order valence-electron chi connectivity index (χ3n) is 8.17. The Bertz CT molecular complexity index is 1320. The molecule has 0 aliphatic heterocycles. The molecule has 0 spiro atoms. The third-order valence-corrected chi connectivity index (χ3v) is 9.25. The second-order valence-corrected chi connectivity index (χ2v) is 11.4. The van der Waals surface area contributed by atoms with Crippen molar-refractivity contribution in [2.75, 3.05) is 14.1 Å². The van der Waals surface area contributed by atoms with E-state index in [0.29, 0.717) is 5.56 Å². The third kappa shape index (κ3) is 3.25. The average Bonchev–Trinajstić information content (AvgIpc) is 3.22. The molecule has 5 N–H and O–H groups in total. The van der Waals surface area contributed by atoms with Crippen LogP contribution < -0.4 is 5.73 Å².